The number of hydrogen-bond acceptors (Lipinski definition) is 4. The summed E-state index contributed by atoms with van der Waals surface area (Å²) < 4.78 is 8.31. The van der Waals surface area contributed by atoms with Gasteiger partial charge in [-0.3, -0.25) is 0 Å². The SMILES string of the molecule is COc1ccc2nc(CCl)n(Cc3sccc3Br)c2n1. The summed E-state index contributed by atoms with van der Waals surface area (Å²) in [6.07, 6.45) is 0. The molecule has 4 nitrogen and oxygen atoms in total. The third kappa shape index (κ3) is 2.43. The summed E-state index contributed by atoms with van der Waals surface area (Å²) in [5.74, 6) is 1.73. The van der Waals surface area contributed by atoms with Crippen molar-refractivity contribution in [1.82, 2.24) is 14.5 Å². The molecule has 0 radical (unpaired) electrons. The normalized spacial score (nSPS) is 11.2. The average Bonchev–Trinajstić information content (AvgIpc) is 3.03. The summed E-state index contributed by atoms with van der Waals surface area (Å²) >= 11 is 11.2. The molecule has 0 saturated heterocycles. The van der Waals surface area contributed by atoms with E-state index in [0.717, 1.165) is 21.5 Å². The standard InChI is InChI=1S/C13H11BrClN3OS/c1-19-12-3-2-9-13(17-12)18(11(6-15)16-9)7-10-8(14)4-5-20-10/h2-5H,6-7H2,1H3. The molecular formula is C13H11BrClN3OS. The summed E-state index contributed by atoms with van der Waals surface area (Å²) in [4.78, 5) is 10.2. The first-order valence-corrected chi connectivity index (χ1v) is 8.11. The Morgan fingerprint density at radius 1 is 1.35 bits per heavy atom. The number of imidazole rings is 1. The molecular weight excluding hydrogens is 362 g/mol. The van der Waals surface area contributed by atoms with E-state index in [1.807, 2.05) is 22.1 Å². The summed E-state index contributed by atoms with van der Waals surface area (Å²) in [7, 11) is 1.60. The van der Waals surface area contributed by atoms with Gasteiger partial charge >= 0.3 is 0 Å². The fraction of sp³-hybridized carbons (Fsp3) is 0.231. The Balaban J connectivity index is 2.13. The van der Waals surface area contributed by atoms with Gasteiger partial charge in [-0.05, 0) is 33.4 Å². The van der Waals surface area contributed by atoms with Gasteiger partial charge in [0.15, 0.2) is 5.65 Å². The van der Waals surface area contributed by atoms with Gasteiger partial charge in [0.05, 0.1) is 19.5 Å². The van der Waals surface area contributed by atoms with Gasteiger partial charge in [0.1, 0.15) is 11.3 Å². The van der Waals surface area contributed by atoms with Crippen molar-refractivity contribution >= 4 is 50.0 Å². The van der Waals surface area contributed by atoms with Crippen LogP contribution < -0.4 is 4.74 Å². The van der Waals surface area contributed by atoms with E-state index in [-0.39, 0.29) is 0 Å². The molecule has 0 aliphatic rings. The van der Waals surface area contributed by atoms with Crippen LogP contribution in [0.25, 0.3) is 11.2 Å². The minimum absolute atomic E-state index is 0.349. The number of aromatic nitrogens is 3. The van der Waals surface area contributed by atoms with Crippen LogP contribution in [-0.2, 0) is 12.4 Å². The summed E-state index contributed by atoms with van der Waals surface area (Å²) in [5, 5.41) is 2.05. The fourth-order valence-corrected chi connectivity index (χ4v) is 3.66. The average molecular weight is 373 g/mol. The zero-order valence-corrected chi connectivity index (χ0v) is 13.8. The molecule has 3 aromatic heterocycles. The van der Waals surface area contributed by atoms with Crippen LogP contribution in [0.3, 0.4) is 0 Å². The van der Waals surface area contributed by atoms with E-state index in [2.05, 4.69) is 25.9 Å². The van der Waals surface area contributed by atoms with Crippen molar-refractivity contribution in [2.45, 2.75) is 12.4 Å². The van der Waals surface area contributed by atoms with Crippen molar-refractivity contribution < 1.29 is 4.74 Å². The van der Waals surface area contributed by atoms with E-state index in [1.54, 1.807) is 24.5 Å². The molecule has 0 saturated carbocycles. The molecule has 0 amide bonds. The molecule has 7 heteroatoms. The fourth-order valence-electron chi connectivity index (χ4n) is 1.99. The predicted molar refractivity (Wildman–Crippen MR) is 84.8 cm³/mol. The number of thiophene rings is 1. The minimum Gasteiger partial charge on any atom is -0.481 e. The second kappa shape index (κ2) is 5.71. The molecule has 0 aliphatic carbocycles. The van der Waals surface area contributed by atoms with Gasteiger partial charge in [0.2, 0.25) is 5.88 Å². The summed E-state index contributed by atoms with van der Waals surface area (Å²) in [6, 6.07) is 5.74. The third-order valence-electron chi connectivity index (χ3n) is 2.97. The van der Waals surface area contributed by atoms with Crippen molar-refractivity contribution in [2.75, 3.05) is 7.11 Å². The maximum absolute atomic E-state index is 6.01. The first-order valence-electron chi connectivity index (χ1n) is 5.91. The smallest absolute Gasteiger partial charge is 0.215 e. The van der Waals surface area contributed by atoms with E-state index in [0.29, 0.717) is 18.3 Å². The highest BCUT2D eigenvalue weighted by Gasteiger charge is 2.14. The number of fused-ring (bicyclic) bond motifs is 1. The maximum atomic E-state index is 6.01. The first-order chi connectivity index (χ1) is 9.72. The van der Waals surface area contributed by atoms with Crippen LogP contribution in [0.5, 0.6) is 5.88 Å². The molecule has 0 atom stereocenters. The summed E-state index contributed by atoms with van der Waals surface area (Å²) in [5.41, 5.74) is 1.62. The van der Waals surface area contributed by atoms with Crippen LogP contribution >= 0.6 is 38.9 Å². The molecule has 3 aromatic rings. The number of hydrogen-bond donors (Lipinski definition) is 0. The van der Waals surface area contributed by atoms with Crippen LogP contribution in [0.15, 0.2) is 28.1 Å². The lowest BCUT2D eigenvalue weighted by Crippen LogP contribution is -2.04. The molecule has 3 heterocycles. The topological polar surface area (TPSA) is 39.9 Å². The molecule has 104 valence electrons. The number of ether oxygens (including phenoxy) is 1. The molecule has 0 bridgehead atoms. The van der Waals surface area contributed by atoms with Crippen LogP contribution in [0.2, 0.25) is 0 Å². The van der Waals surface area contributed by atoms with E-state index < -0.39 is 0 Å². The Bertz CT molecular complexity index is 755. The highest BCUT2D eigenvalue weighted by atomic mass is 79.9. The largest absolute Gasteiger partial charge is 0.481 e. The molecule has 0 fully saturated rings. The first kappa shape index (κ1) is 13.9. The minimum atomic E-state index is 0.349. The van der Waals surface area contributed by atoms with Crippen LogP contribution in [0.4, 0.5) is 0 Å². The van der Waals surface area contributed by atoms with Gasteiger partial charge in [0.25, 0.3) is 0 Å². The van der Waals surface area contributed by atoms with Crippen molar-refractivity contribution in [3.05, 3.63) is 38.8 Å². The third-order valence-corrected chi connectivity index (χ3v) is 5.12. The number of methoxy groups -OCH3 is 1. The monoisotopic (exact) mass is 371 g/mol. The van der Waals surface area contributed by atoms with Gasteiger partial charge < -0.3 is 9.30 Å². The maximum Gasteiger partial charge on any atom is 0.215 e. The quantitative estimate of drug-likeness (QED) is 0.649. The number of halogens is 2. The summed E-state index contributed by atoms with van der Waals surface area (Å²) in [6.45, 7) is 0.691. The van der Waals surface area contributed by atoms with Gasteiger partial charge in [0, 0.05) is 15.4 Å². The van der Waals surface area contributed by atoms with Crippen LogP contribution in [0.1, 0.15) is 10.7 Å². The highest BCUT2D eigenvalue weighted by Crippen LogP contribution is 2.26. The van der Waals surface area contributed by atoms with E-state index in [1.165, 1.54) is 4.88 Å². The number of nitrogens with zero attached hydrogens (tertiary/aromatic N) is 3. The van der Waals surface area contributed by atoms with Crippen molar-refractivity contribution in [1.29, 1.82) is 0 Å². The zero-order valence-electron chi connectivity index (χ0n) is 10.6. The van der Waals surface area contributed by atoms with Crippen LogP contribution in [0, 0.1) is 0 Å². The lowest BCUT2D eigenvalue weighted by atomic mass is 10.4. The molecule has 0 unspecified atom stereocenters. The van der Waals surface area contributed by atoms with E-state index >= 15 is 0 Å². The molecule has 0 N–H and O–H groups in total. The van der Waals surface area contributed by atoms with Crippen LogP contribution in [-0.4, -0.2) is 21.6 Å². The Kier molecular flexibility index (Phi) is 3.96. The van der Waals surface area contributed by atoms with Gasteiger partial charge in [-0.15, -0.1) is 22.9 Å². The Hall–Kier alpha value is -1.11. The molecule has 0 aromatic carbocycles. The molecule has 3 rings (SSSR count). The second-order valence-corrected chi connectivity index (χ2v) is 6.26. The van der Waals surface area contributed by atoms with Gasteiger partial charge in [-0.2, -0.15) is 4.98 Å². The molecule has 0 spiro atoms. The van der Waals surface area contributed by atoms with Gasteiger partial charge in [-0.25, -0.2) is 4.98 Å². The van der Waals surface area contributed by atoms with Crippen molar-refractivity contribution in [3.63, 3.8) is 0 Å². The van der Waals surface area contributed by atoms with Crippen molar-refractivity contribution in [2.24, 2.45) is 0 Å². The zero-order chi connectivity index (χ0) is 14.1. The lowest BCUT2D eigenvalue weighted by Gasteiger charge is -2.06. The van der Waals surface area contributed by atoms with E-state index in [4.69, 9.17) is 16.3 Å². The highest BCUT2D eigenvalue weighted by molar-refractivity contribution is 9.10. The molecule has 20 heavy (non-hydrogen) atoms. The van der Waals surface area contributed by atoms with Crippen molar-refractivity contribution in [3.8, 4) is 5.88 Å². The lowest BCUT2D eigenvalue weighted by molar-refractivity contribution is 0.399. The number of alkyl halides is 1. The Labute approximate surface area is 133 Å². The number of pyridine rings is 1. The Morgan fingerprint density at radius 3 is 2.85 bits per heavy atom. The van der Waals surface area contributed by atoms with Gasteiger partial charge in [-0.1, -0.05) is 0 Å². The Morgan fingerprint density at radius 2 is 2.20 bits per heavy atom. The number of rotatable bonds is 4. The second-order valence-electron chi connectivity index (χ2n) is 4.14. The van der Waals surface area contributed by atoms with E-state index in [9.17, 15) is 0 Å². The predicted octanol–water partition coefficient (Wildman–Crippen LogP) is 4.05. The molecule has 0 aliphatic heterocycles.